The van der Waals surface area contributed by atoms with Gasteiger partial charge in [-0.3, -0.25) is 0 Å². The Morgan fingerprint density at radius 2 is 1.94 bits per heavy atom. The maximum atomic E-state index is 9.51. The number of hydrogen-bond donors (Lipinski definition) is 2. The molecule has 1 rings (SSSR count). The van der Waals surface area contributed by atoms with E-state index in [2.05, 4.69) is 25.2 Å². The zero-order chi connectivity index (χ0) is 13.4. The van der Waals surface area contributed by atoms with Crippen molar-refractivity contribution in [3.8, 4) is 5.75 Å². The van der Waals surface area contributed by atoms with Crippen molar-refractivity contribution >= 4 is 0 Å². The van der Waals surface area contributed by atoms with E-state index in [4.69, 9.17) is 4.74 Å². The zero-order valence-electron chi connectivity index (χ0n) is 11.7. The Labute approximate surface area is 110 Å². The third-order valence-electron chi connectivity index (χ3n) is 3.53. The molecular weight excluding hydrogens is 226 g/mol. The van der Waals surface area contributed by atoms with Crippen LogP contribution in [0.15, 0.2) is 24.3 Å². The van der Waals surface area contributed by atoms with E-state index in [1.54, 1.807) is 0 Å². The van der Waals surface area contributed by atoms with E-state index in [0.717, 1.165) is 25.1 Å². The minimum atomic E-state index is -0.165. The third kappa shape index (κ3) is 4.00. The summed E-state index contributed by atoms with van der Waals surface area (Å²) in [4.78, 5) is 0. The van der Waals surface area contributed by atoms with Gasteiger partial charge in [0.15, 0.2) is 0 Å². The van der Waals surface area contributed by atoms with Crippen LogP contribution in [-0.2, 0) is 6.54 Å². The van der Waals surface area contributed by atoms with Gasteiger partial charge >= 0.3 is 0 Å². The molecule has 18 heavy (non-hydrogen) atoms. The number of ether oxygens (including phenoxy) is 1. The van der Waals surface area contributed by atoms with Crippen LogP contribution >= 0.6 is 0 Å². The molecule has 0 fully saturated rings. The van der Waals surface area contributed by atoms with Crippen LogP contribution < -0.4 is 10.1 Å². The standard InChI is InChI=1S/C15H25NO2/c1-4-15(5-2,12-17)16-11-13-8-7-9-14(10-13)18-6-3/h7-10,16-17H,4-6,11-12H2,1-3H3. The second kappa shape index (κ2) is 7.39. The molecule has 3 nitrogen and oxygen atoms in total. The average molecular weight is 251 g/mol. The molecule has 0 aliphatic carbocycles. The summed E-state index contributed by atoms with van der Waals surface area (Å²) in [5.74, 6) is 0.902. The lowest BCUT2D eigenvalue weighted by Crippen LogP contribution is -2.47. The molecule has 0 aromatic heterocycles. The van der Waals surface area contributed by atoms with E-state index in [1.165, 1.54) is 5.56 Å². The van der Waals surface area contributed by atoms with Crippen molar-refractivity contribution in [1.29, 1.82) is 0 Å². The van der Waals surface area contributed by atoms with Gasteiger partial charge in [0.1, 0.15) is 5.75 Å². The second-order valence-electron chi connectivity index (χ2n) is 4.58. The Morgan fingerprint density at radius 3 is 2.50 bits per heavy atom. The molecule has 3 heteroatoms. The van der Waals surface area contributed by atoms with E-state index in [-0.39, 0.29) is 12.1 Å². The van der Waals surface area contributed by atoms with E-state index in [9.17, 15) is 5.11 Å². The second-order valence-corrected chi connectivity index (χ2v) is 4.58. The van der Waals surface area contributed by atoms with Crippen molar-refractivity contribution in [3.63, 3.8) is 0 Å². The summed E-state index contributed by atoms with van der Waals surface area (Å²) in [6, 6.07) is 8.08. The summed E-state index contributed by atoms with van der Waals surface area (Å²) in [7, 11) is 0. The number of hydrogen-bond acceptors (Lipinski definition) is 3. The number of rotatable bonds is 8. The number of benzene rings is 1. The minimum absolute atomic E-state index is 0.165. The van der Waals surface area contributed by atoms with Crippen molar-refractivity contribution in [2.45, 2.75) is 45.7 Å². The molecule has 0 saturated heterocycles. The van der Waals surface area contributed by atoms with Gasteiger partial charge in [-0.15, -0.1) is 0 Å². The molecule has 1 aromatic carbocycles. The van der Waals surface area contributed by atoms with Crippen LogP contribution in [0, 0.1) is 0 Å². The van der Waals surface area contributed by atoms with Crippen LogP contribution in [0.3, 0.4) is 0 Å². The van der Waals surface area contributed by atoms with Crippen LogP contribution in [-0.4, -0.2) is 23.9 Å². The van der Waals surface area contributed by atoms with Gasteiger partial charge in [0.2, 0.25) is 0 Å². The number of aliphatic hydroxyl groups is 1. The summed E-state index contributed by atoms with van der Waals surface area (Å²) in [5.41, 5.74) is 1.02. The molecule has 0 unspecified atom stereocenters. The highest BCUT2D eigenvalue weighted by Crippen LogP contribution is 2.17. The zero-order valence-corrected chi connectivity index (χ0v) is 11.7. The Balaban J connectivity index is 2.64. The van der Waals surface area contributed by atoms with Crippen LogP contribution in [0.5, 0.6) is 5.75 Å². The van der Waals surface area contributed by atoms with E-state index < -0.39 is 0 Å². The average Bonchev–Trinajstić information content (AvgIpc) is 2.42. The molecule has 2 N–H and O–H groups in total. The maximum absolute atomic E-state index is 9.51. The van der Waals surface area contributed by atoms with Gasteiger partial charge in [0.05, 0.1) is 13.2 Å². The van der Waals surface area contributed by atoms with Crippen LogP contribution in [0.1, 0.15) is 39.2 Å². The van der Waals surface area contributed by atoms with Crippen molar-refractivity contribution < 1.29 is 9.84 Å². The first-order valence-corrected chi connectivity index (χ1v) is 6.77. The van der Waals surface area contributed by atoms with Crippen molar-refractivity contribution in [2.24, 2.45) is 0 Å². The first kappa shape index (κ1) is 15.0. The highest BCUT2D eigenvalue weighted by atomic mass is 16.5. The maximum Gasteiger partial charge on any atom is 0.119 e. The van der Waals surface area contributed by atoms with Gasteiger partial charge in [0, 0.05) is 12.1 Å². The smallest absolute Gasteiger partial charge is 0.119 e. The predicted molar refractivity (Wildman–Crippen MR) is 74.8 cm³/mol. The fourth-order valence-electron chi connectivity index (χ4n) is 1.98. The molecular formula is C15H25NO2. The Kier molecular flexibility index (Phi) is 6.16. The molecule has 0 aliphatic rings. The van der Waals surface area contributed by atoms with E-state index >= 15 is 0 Å². The monoisotopic (exact) mass is 251 g/mol. The lowest BCUT2D eigenvalue weighted by atomic mass is 9.93. The molecule has 0 aliphatic heterocycles. The van der Waals surface area contributed by atoms with Gasteiger partial charge < -0.3 is 15.2 Å². The van der Waals surface area contributed by atoms with Crippen LogP contribution in [0.25, 0.3) is 0 Å². The molecule has 0 atom stereocenters. The SMILES string of the molecule is CCOc1cccc(CNC(CC)(CC)CO)c1. The van der Waals surface area contributed by atoms with Crippen LogP contribution in [0.2, 0.25) is 0 Å². The van der Waals surface area contributed by atoms with Gasteiger partial charge in [0.25, 0.3) is 0 Å². The first-order valence-electron chi connectivity index (χ1n) is 6.77. The molecule has 0 bridgehead atoms. The lowest BCUT2D eigenvalue weighted by molar-refractivity contribution is 0.149. The molecule has 0 amide bonds. The van der Waals surface area contributed by atoms with Gasteiger partial charge in [-0.25, -0.2) is 0 Å². The molecule has 0 heterocycles. The molecule has 0 radical (unpaired) electrons. The van der Waals surface area contributed by atoms with Crippen molar-refractivity contribution in [2.75, 3.05) is 13.2 Å². The minimum Gasteiger partial charge on any atom is -0.494 e. The Hall–Kier alpha value is -1.06. The molecule has 1 aromatic rings. The van der Waals surface area contributed by atoms with Crippen molar-refractivity contribution in [3.05, 3.63) is 29.8 Å². The Morgan fingerprint density at radius 1 is 1.22 bits per heavy atom. The Bertz CT molecular complexity index is 340. The van der Waals surface area contributed by atoms with Crippen LogP contribution in [0.4, 0.5) is 0 Å². The van der Waals surface area contributed by atoms with Crippen molar-refractivity contribution in [1.82, 2.24) is 5.32 Å². The first-order chi connectivity index (χ1) is 8.69. The summed E-state index contributed by atoms with van der Waals surface area (Å²) >= 11 is 0. The summed E-state index contributed by atoms with van der Waals surface area (Å²) in [5, 5.41) is 13.0. The number of nitrogens with one attached hydrogen (secondary N) is 1. The molecule has 0 spiro atoms. The number of aliphatic hydroxyl groups excluding tert-OH is 1. The van der Waals surface area contributed by atoms with Gasteiger partial charge in [-0.2, -0.15) is 0 Å². The van der Waals surface area contributed by atoms with Gasteiger partial charge in [-0.05, 0) is 37.5 Å². The normalized spacial score (nSPS) is 11.6. The quantitative estimate of drug-likeness (QED) is 0.746. The highest BCUT2D eigenvalue weighted by Gasteiger charge is 2.23. The fraction of sp³-hybridized carbons (Fsp3) is 0.600. The fourth-order valence-corrected chi connectivity index (χ4v) is 1.98. The highest BCUT2D eigenvalue weighted by molar-refractivity contribution is 5.28. The molecule has 0 saturated carbocycles. The topological polar surface area (TPSA) is 41.5 Å². The lowest BCUT2D eigenvalue weighted by Gasteiger charge is -2.31. The summed E-state index contributed by atoms with van der Waals surface area (Å²) in [6.45, 7) is 7.79. The summed E-state index contributed by atoms with van der Waals surface area (Å²) in [6.07, 6.45) is 1.84. The van der Waals surface area contributed by atoms with E-state index in [1.807, 2.05) is 25.1 Å². The van der Waals surface area contributed by atoms with E-state index in [0.29, 0.717) is 6.61 Å². The molecule has 102 valence electrons. The largest absolute Gasteiger partial charge is 0.494 e. The van der Waals surface area contributed by atoms with Gasteiger partial charge in [-0.1, -0.05) is 26.0 Å². The summed E-state index contributed by atoms with van der Waals surface area (Å²) < 4.78 is 5.48. The third-order valence-corrected chi connectivity index (χ3v) is 3.53. The predicted octanol–water partition coefficient (Wildman–Crippen LogP) is 2.73.